The molecule has 0 aromatic heterocycles. The molecule has 0 saturated carbocycles. The number of halogens is 1. The lowest BCUT2D eigenvalue weighted by atomic mass is 10.6. The number of hydrogen-bond donors (Lipinski definition) is 0. The van der Waals surface area contributed by atoms with Crippen molar-refractivity contribution >= 4 is 20.4 Å². The molecule has 1 aliphatic heterocycles. The molecule has 0 amide bonds. The zero-order valence-corrected chi connectivity index (χ0v) is 10.9. The van der Waals surface area contributed by atoms with Gasteiger partial charge >= 0.3 is 8.80 Å². The van der Waals surface area contributed by atoms with E-state index in [0.717, 1.165) is 12.5 Å². The molecule has 4 nitrogen and oxygen atoms in total. The van der Waals surface area contributed by atoms with Gasteiger partial charge in [-0.25, -0.2) is 0 Å². The summed E-state index contributed by atoms with van der Waals surface area (Å²) >= 11 is 5.69. The highest BCUT2D eigenvalue weighted by Crippen LogP contribution is 2.19. The van der Waals surface area contributed by atoms with Crippen LogP contribution < -0.4 is 0 Å². The van der Waals surface area contributed by atoms with Crippen LogP contribution in [0.15, 0.2) is 0 Å². The predicted molar refractivity (Wildman–Crippen MR) is 60.2 cm³/mol. The largest absolute Gasteiger partial charge is 0.501 e. The van der Waals surface area contributed by atoms with Crippen molar-refractivity contribution in [3.05, 3.63) is 0 Å². The van der Waals surface area contributed by atoms with Crippen LogP contribution in [-0.2, 0) is 18.0 Å². The molecule has 0 bridgehead atoms. The third kappa shape index (κ3) is 4.80. The molecule has 0 aromatic carbocycles. The zero-order valence-electron chi connectivity index (χ0n) is 9.17. The highest BCUT2D eigenvalue weighted by atomic mass is 35.5. The Morgan fingerprint density at radius 1 is 1.20 bits per heavy atom. The maximum atomic E-state index is 5.72. The Balaban J connectivity index is 2.49. The van der Waals surface area contributed by atoms with E-state index >= 15 is 0 Å². The lowest BCUT2D eigenvalue weighted by Crippen LogP contribution is -2.48. The van der Waals surface area contributed by atoms with E-state index in [1.54, 1.807) is 0 Å². The van der Waals surface area contributed by atoms with Gasteiger partial charge in [-0.3, -0.25) is 0 Å². The molecule has 0 aliphatic carbocycles. The molecule has 1 fully saturated rings. The Morgan fingerprint density at radius 3 is 2.40 bits per heavy atom. The Bertz CT molecular complexity index is 157. The van der Waals surface area contributed by atoms with Crippen LogP contribution in [0.2, 0.25) is 6.04 Å². The number of hydrogen-bond acceptors (Lipinski definition) is 4. The molecule has 0 radical (unpaired) electrons. The molecule has 0 atom stereocenters. The van der Waals surface area contributed by atoms with Gasteiger partial charge in [0, 0.05) is 18.5 Å². The quantitative estimate of drug-likeness (QED) is 0.552. The topological polar surface area (TPSA) is 36.9 Å². The summed E-state index contributed by atoms with van der Waals surface area (Å²) in [6.45, 7) is 4.91. The van der Waals surface area contributed by atoms with Crippen LogP contribution in [0.3, 0.4) is 0 Å². The number of alkyl halides is 1. The van der Waals surface area contributed by atoms with E-state index in [9.17, 15) is 0 Å². The Hall–Kier alpha value is 0.347. The van der Waals surface area contributed by atoms with Crippen molar-refractivity contribution in [2.45, 2.75) is 19.4 Å². The summed E-state index contributed by atoms with van der Waals surface area (Å²) in [5.41, 5.74) is 0. The van der Waals surface area contributed by atoms with E-state index in [-0.39, 0.29) is 0 Å². The first-order valence-corrected chi connectivity index (χ1v) is 7.85. The fourth-order valence-electron chi connectivity index (χ4n) is 1.46. The van der Waals surface area contributed by atoms with Gasteiger partial charge < -0.3 is 18.0 Å². The lowest BCUT2D eigenvalue weighted by Gasteiger charge is -2.30. The van der Waals surface area contributed by atoms with Gasteiger partial charge in [-0.2, -0.15) is 0 Å². The SMILES string of the molecule is CCO[Si]1(CCCCl)OCCOCCO1. The molecule has 0 spiro atoms. The smallest absolute Gasteiger partial charge is 0.377 e. The lowest BCUT2D eigenvalue weighted by molar-refractivity contribution is -0.0150. The molecular weight excluding hydrogens is 236 g/mol. The van der Waals surface area contributed by atoms with Gasteiger partial charge in [0.05, 0.1) is 26.4 Å². The summed E-state index contributed by atoms with van der Waals surface area (Å²) in [5.74, 6) is 0.616. The van der Waals surface area contributed by atoms with Gasteiger partial charge in [0.1, 0.15) is 0 Å². The second-order valence-corrected chi connectivity index (χ2v) is 6.33. The van der Waals surface area contributed by atoms with Crippen molar-refractivity contribution < 1.29 is 18.0 Å². The highest BCUT2D eigenvalue weighted by molar-refractivity contribution is 6.60. The Kier molecular flexibility index (Phi) is 6.79. The van der Waals surface area contributed by atoms with Crippen LogP contribution in [0.4, 0.5) is 0 Å². The van der Waals surface area contributed by atoms with Crippen molar-refractivity contribution in [1.82, 2.24) is 0 Å². The van der Waals surface area contributed by atoms with E-state index < -0.39 is 8.80 Å². The Morgan fingerprint density at radius 2 is 1.87 bits per heavy atom. The van der Waals surface area contributed by atoms with E-state index in [1.807, 2.05) is 6.92 Å². The first-order chi connectivity index (χ1) is 7.33. The summed E-state index contributed by atoms with van der Waals surface area (Å²) in [7, 11) is -2.45. The molecule has 1 saturated heterocycles. The molecular formula is C9H19ClO4Si. The van der Waals surface area contributed by atoms with Gasteiger partial charge in [0.2, 0.25) is 0 Å². The van der Waals surface area contributed by atoms with Crippen LogP contribution in [-0.4, -0.2) is 47.7 Å². The van der Waals surface area contributed by atoms with E-state index in [2.05, 4.69) is 0 Å². The first-order valence-electron chi connectivity index (χ1n) is 5.38. The van der Waals surface area contributed by atoms with Crippen LogP contribution in [0, 0.1) is 0 Å². The van der Waals surface area contributed by atoms with Crippen LogP contribution >= 0.6 is 11.6 Å². The van der Waals surface area contributed by atoms with Gasteiger partial charge in [0.25, 0.3) is 0 Å². The van der Waals surface area contributed by atoms with Crippen molar-refractivity contribution in [2.24, 2.45) is 0 Å². The first kappa shape index (κ1) is 13.4. The predicted octanol–water partition coefficient (Wildman–Crippen LogP) is 1.65. The summed E-state index contributed by atoms with van der Waals surface area (Å²) in [5, 5.41) is 0. The minimum absolute atomic E-state index is 0.550. The molecule has 1 aliphatic rings. The molecule has 0 aromatic rings. The average molecular weight is 255 g/mol. The molecule has 90 valence electrons. The van der Waals surface area contributed by atoms with Gasteiger partial charge in [0.15, 0.2) is 0 Å². The fourth-order valence-corrected chi connectivity index (χ4v) is 4.34. The van der Waals surface area contributed by atoms with Crippen LogP contribution in [0.25, 0.3) is 0 Å². The monoisotopic (exact) mass is 254 g/mol. The van der Waals surface area contributed by atoms with Gasteiger partial charge in [-0.15, -0.1) is 11.6 Å². The summed E-state index contributed by atoms with van der Waals surface area (Å²) in [6.07, 6.45) is 0.870. The molecule has 15 heavy (non-hydrogen) atoms. The molecule has 6 heteroatoms. The second kappa shape index (κ2) is 7.59. The van der Waals surface area contributed by atoms with E-state index in [1.165, 1.54) is 0 Å². The highest BCUT2D eigenvalue weighted by Gasteiger charge is 2.40. The maximum Gasteiger partial charge on any atom is 0.501 e. The summed E-state index contributed by atoms with van der Waals surface area (Å²) < 4.78 is 22.4. The molecule has 0 unspecified atom stereocenters. The van der Waals surface area contributed by atoms with Crippen molar-refractivity contribution in [1.29, 1.82) is 0 Å². The number of ether oxygens (including phenoxy) is 1. The fraction of sp³-hybridized carbons (Fsp3) is 1.00. The summed E-state index contributed by atoms with van der Waals surface area (Å²) in [6, 6.07) is 0.796. The second-order valence-electron chi connectivity index (χ2n) is 3.22. The minimum atomic E-state index is -2.45. The van der Waals surface area contributed by atoms with Gasteiger partial charge in [-0.1, -0.05) is 0 Å². The number of rotatable bonds is 5. The standard InChI is InChI=1S/C9H19ClO4Si/c1-2-12-15(9-3-4-10)13-7-5-11-6-8-14-15/h2-9H2,1H3. The van der Waals surface area contributed by atoms with Crippen molar-refractivity contribution in [3.8, 4) is 0 Å². The molecule has 1 heterocycles. The zero-order chi connectivity index (χ0) is 11.0. The van der Waals surface area contributed by atoms with Crippen molar-refractivity contribution in [2.75, 3.05) is 38.9 Å². The summed E-state index contributed by atoms with van der Waals surface area (Å²) in [4.78, 5) is 0. The van der Waals surface area contributed by atoms with Crippen molar-refractivity contribution in [3.63, 3.8) is 0 Å². The van der Waals surface area contributed by atoms with Crippen LogP contribution in [0.1, 0.15) is 13.3 Å². The minimum Gasteiger partial charge on any atom is -0.377 e. The molecule has 0 N–H and O–H groups in total. The third-order valence-corrected chi connectivity index (χ3v) is 5.33. The van der Waals surface area contributed by atoms with Gasteiger partial charge in [-0.05, 0) is 13.3 Å². The normalized spacial score (nSPS) is 22.0. The Labute approximate surface area is 97.2 Å². The van der Waals surface area contributed by atoms with E-state index in [0.29, 0.717) is 38.9 Å². The van der Waals surface area contributed by atoms with E-state index in [4.69, 9.17) is 29.6 Å². The average Bonchev–Trinajstić information content (AvgIpc) is 2.21. The molecule has 1 rings (SSSR count). The third-order valence-electron chi connectivity index (χ3n) is 2.08. The maximum absolute atomic E-state index is 5.72. The van der Waals surface area contributed by atoms with Crippen LogP contribution in [0.5, 0.6) is 0 Å².